The molecule has 1 aliphatic heterocycles. The Bertz CT molecular complexity index is 328. The summed E-state index contributed by atoms with van der Waals surface area (Å²) in [6.07, 6.45) is 7.02. The molecule has 0 aromatic heterocycles. The van der Waals surface area contributed by atoms with Crippen LogP contribution in [-0.2, 0) is 4.74 Å². The molecule has 1 aliphatic rings. The van der Waals surface area contributed by atoms with Crippen molar-refractivity contribution < 1.29 is 9.53 Å². The fraction of sp³-hybridized carbons (Fsp3) is 0.786. The van der Waals surface area contributed by atoms with Gasteiger partial charge in [0.1, 0.15) is 5.60 Å². The largest absolute Gasteiger partial charge is 0.444 e. The van der Waals surface area contributed by atoms with Crippen LogP contribution in [0.3, 0.4) is 0 Å². The highest BCUT2D eigenvalue weighted by molar-refractivity contribution is 5.68. The molecule has 4 heteroatoms. The highest BCUT2D eigenvalue weighted by atomic mass is 16.6. The number of carbonyl (C=O) groups excluding carboxylic acids is 1. The van der Waals surface area contributed by atoms with Crippen LogP contribution in [0.5, 0.6) is 0 Å². The lowest BCUT2D eigenvalue weighted by molar-refractivity contribution is 0.0290. The molecule has 1 rings (SSSR count). The van der Waals surface area contributed by atoms with E-state index in [2.05, 4.69) is 18.2 Å². The molecule has 0 aromatic rings. The Balaban J connectivity index is 2.42. The van der Waals surface area contributed by atoms with Crippen LogP contribution in [0.15, 0.2) is 0 Å². The van der Waals surface area contributed by atoms with E-state index in [1.807, 2.05) is 20.8 Å². The highest BCUT2D eigenvalue weighted by Crippen LogP contribution is 2.15. The average molecular weight is 252 g/mol. The normalized spacial score (nSPS) is 21.5. The van der Waals surface area contributed by atoms with Crippen LogP contribution < -0.4 is 5.32 Å². The summed E-state index contributed by atoms with van der Waals surface area (Å²) in [5.74, 6) is 2.72. The van der Waals surface area contributed by atoms with Crippen molar-refractivity contribution in [2.45, 2.75) is 58.2 Å². The maximum Gasteiger partial charge on any atom is 0.410 e. The average Bonchev–Trinajstić information content (AvgIpc) is 2.72. The van der Waals surface area contributed by atoms with E-state index in [0.29, 0.717) is 6.54 Å². The zero-order chi connectivity index (χ0) is 13.8. The second-order valence-corrected chi connectivity index (χ2v) is 5.71. The molecule has 102 valence electrons. The van der Waals surface area contributed by atoms with Gasteiger partial charge in [-0.3, -0.25) is 5.32 Å². The molecule has 1 saturated heterocycles. The molecule has 2 unspecified atom stereocenters. The van der Waals surface area contributed by atoms with Crippen LogP contribution >= 0.6 is 0 Å². The van der Waals surface area contributed by atoms with Gasteiger partial charge in [0.15, 0.2) is 0 Å². The maximum absolute atomic E-state index is 11.9. The van der Waals surface area contributed by atoms with Gasteiger partial charge in [0, 0.05) is 19.1 Å². The minimum absolute atomic E-state index is 0.0913. The first-order valence-corrected chi connectivity index (χ1v) is 6.55. The topological polar surface area (TPSA) is 41.6 Å². The molecule has 18 heavy (non-hydrogen) atoms. The van der Waals surface area contributed by atoms with Crippen LogP contribution in [0.1, 0.15) is 40.5 Å². The van der Waals surface area contributed by atoms with Gasteiger partial charge in [-0.15, -0.1) is 6.42 Å². The molecule has 0 saturated carbocycles. The van der Waals surface area contributed by atoms with E-state index in [1.54, 1.807) is 4.90 Å². The Morgan fingerprint density at radius 3 is 2.78 bits per heavy atom. The number of ether oxygens (including phenoxy) is 1. The van der Waals surface area contributed by atoms with Crippen molar-refractivity contribution >= 4 is 6.09 Å². The molecular formula is C14H24N2O2. The number of terminal acetylenes is 1. The Morgan fingerprint density at radius 1 is 1.61 bits per heavy atom. The molecule has 1 heterocycles. The predicted molar refractivity (Wildman–Crippen MR) is 72.3 cm³/mol. The van der Waals surface area contributed by atoms with Gasteiger partial charge in [0.05, 0.1) is 6.04 Å². The Kier molecular flexibility index (Phi) is 5.03. The summed E-state index contributed by atoms with van der Waals surface area (Å²) in [6, 6.07) is 0.368. The molecule has 1 fully saturated rings. The maximum atomic E-state index is 11.9. The van der Waals surface area contributed by atoms with Crippen LogP contribution in [0, 0.1) is 12.3 Å². The van der Waals surface area contributed by atoms with Crippen molar-refractivity contribution in [3.8, 4) is 12.3 Å². The van der Waals surface area contributed by atoms with Gasteiger partial charge in [-0.25, -0.2) is 4.79 Å². The standard InChI is InChI=1S/C14H24N2O2/c1-6-11(7-2)15-12-8-9-16(10-12)13(17)18-14(3,4)5/h1,11-12,15H,7-10H2,2-5H3. The van der Waals surface area contributed by atoms with Gasteiger partial charge in [-0.05, 0) is 33.6 Å². The van der Waals surface area contributed by atoms with Crippen molar-refractivity contribution in [3.05, 3.63) is 0 Å². The Labute approximate surface area is 110 Å². The van der Waals surface area contributed by atoms with Crippen molar-refractivity contribution in [2.75, 3.05) is 13.1 Å². The van der Waals surface area contributed by atoms with Gasteiger partial charge in [0.25, 0.3) is 0 Å². The van der Waals surface area contributed by atoms with Crippen LogP contribution in [-0.4, -0.2) is 41.8 Å². The number of likely N-dealkylation sites (tertiary alicyclic amines) is 1. The number of rotatable bonds is 3. The third-order valence-electron chi connectivity index (χ3n) is 2.89. The lowest BCUT2D eigenvalue weighted by atomic mass is 10.2. The van der Waals surface area contributed by atoms with Crippen LogP contribution in [0.4, 0.5) is 4.79 Å². The van der Waals surface area contributed by atoms with Crippen LogP contribution in [0.2, 0.25) is 0 Å². The second kappa shape index (κ2) is 6.10. The van der Waals surface area contributed by atoms with E-state index >= 15 is 0 Å². The summed E-state index contributed by atoms with van der Waals surface area (Å²) in [4.78, 5) is 13.6. The van der Waals surface area contributed by atoms with E-state index < -0.39 is 5.60 Å². The SMILES string of the molecule is C#CC(CC)NC1CCN(C(=O)OC(C)(C)C)C1. The summed E-state index contributed by atoms with van der Waals surface area (Å²) in [5, 5.41) is 3.38. The summed E-state index contributed by atoms with van der Waals surface area (Å²) in [7, 11) is 0. The molecule has 0 radical (unpaired) electrons. The lowest BCUT2D eigenvalue weighted by Gasteiger charge is -2.24. The molecule has 4 nitrogen and oxygen atoms in total. The van der Waals surface area contributed by atoms with E-state index in [9.17, 15) is 4.79 Å². The second-order valence-electron chi connectivity index (χ2n) is 5.71. The third-order valence-corrected chi connectivity index (χ3v) is 2.89. The van der Waals surface area contributed by atoms with Crippen molar-refractivity contribution in [1.82, 2.24) is 10.2 Å². The quantitative estimate of drug-likeness (QED) is 0.781. The van der Waals surface area contributed by atoms with E-state index in [4.69, 9.17) is 11.2 Å². The first kappa shape index (κ1) is 14.8. The number of carbonyl (C=O) groups is 1. The zero-order valence-electron chi connectivity index (χ0n) is 11.8. The highest BCUT2D eigenvalue weighted by Gasteiger charge is 2.30. The third kappa shape index (κ3) is 4.58. The zero-order valence-corrected chi connectivity index (χ0v) is 11.8. The minimum Gasteiger partial charge on any atom is -0.444 e. The first-order chi connectivity index (χ1) is 8.35. The fourth-order valence-electron chi connectivity index (χ4n) is 1.96. The smallest absolute Gasteiger partial charge is 0.410 e. The van der Waals surface area contributed by atoms with E-state index in [1.165, 1.54) is 0 Å². The molecule has 0 aromatic carbocycles. The molecule has 0 bridgehead atoms. The summed E-state index contributed by atoms with van der Waals surface area (Å²) >= 11 is 0. The number of amides is 1. The van der Waals surface area contributed by atoms with Gasteiger partial charge in [0.2, 0.25) is 0 Å². The summed E-state index contributed by atoms with van der Waals surface area (Å²) in [5.41, 5.74) is -0.437. The van der Waals surface area contributed by atoms with Crippen molar-refractivity contribution in [3.63, 3.8) is 0 Å². The van der Waals surface area contributed by atoms with E-state index in [0.717, 1.165) is 19.4 Å². The molecular weight excluding hydrogens is 228 g/mol. The van der Waals surface area contributed by atoms with Crippen molar-refractivity contribution in [1.29, 1.82) is 0 Å². The Morgan fingerprint density at radius 2 is 2.28 bits per heavy atom. The van der Waals surface area contributed by atoms with E-state index in [-0.39, 0.29) is 18.2 Å². The van der Waals surface area contributed by atoms with Gasteiger partial charge < -0.3 is 9.64 Å². The first-order valence-electron chi connectivity index (χ1n) is 6.55. The lowest BCUT2D eigenvalue weighted by Crippen LogP contribution is -2.41. The predicted octanol–water partition coefficient (Wildman–Crippen LogP) is 2.00. The molecule has 1 amide bonds. The van der Waals surface area contributed by atoms with Gasteiger partial charge in [-0.2, -0.15) is 0 Å². The van der Waals surface area contributed by atoms with Crippen LogP contribution in [0.25, 0.3) is 0 Å². The van der Waals surface area contributed by atoms with Crippen molar-refractivity contribution in [2.24, 2.45) is 0 Å². The minimum atomic E-state index is -0.437. The summed E-state index contributed by atoms with van der Waals surface area (Å²) in [6.45, 7) is 9.09. The number of nitrogens with one attached hydrogen (secondary N) is 1. The Hall–Kier alpha value is -1.21. The number of nitrogens with zero attached hydrogens (tertiary/aromatic N) is 1. The van der Waals surface area contributed by atoms with Gasteiger partial charge in [-0.1, -0.05) is 12.8 Å². The molecule has 0 aliphatic carbocycles. The fourth-order valence-corrected chi connectivity index (χ4v) is 1.96. The number of hydrogen-bond donors (Lipinski definition) is 1. The van der Waals surface area contributed by atoms with Gasteiger partial charge >= 0.3 is 6.09 Å². The number of hydrogen-bond acceptors (Lipinski definition) is 3. The molecule has 0 spiro atoms. The summed E-state index contributed by atoms with van der Waals surface area (Å²) < 4.78 is 5.35. The monoisotopic (exact) mass is 252 g/mol. The molecule has 1 N–H and O–H groups in total. The molecule has 2 atom stereocenters.